The van der Waals surface area contributed by atoms with Crippen molar-refractivity contribution >= 4 is 17.0 Å². The van der Waals surface area contributed by atoms with Gasteiger partial charge in [0.1, 0.15) is 0 Å². The highest BCUT2D eigenvalue weighted by atomic mass is 15.2. The molecule has 1 aliphatic heterocycles. The lowest BCUT2D eigenvalue weighted by molar-refractivity contribution is 0.110. The lowest BCUT2D eigenvalue weighted by Crippen LogP contribution is -2.43. The van der Waals surface area contributed by atoms with Gasteiger partial charge in [-0.3, -0.25) is 4.90 Å². The van der Waals surface area contributed by atoms with Gasteiger partial charge in [0, 0.05) is 48.9 Å². The monoisotopic (exact) mass is 523 g/mol. The second-order valence-corrected chi connectivity index (χ2v) is 10.8. The van der Waals surface area contributed by atoms with Crippen molar-refractivity contribution in [2.45, 2.75) is 38.4 Å². The van der Waals surface area contributed by atoms with Gasteiger partial charge in [0.15, 0.2) is 0 Å². The molecule has 1 aromatic heterocycles. The molecule has 1 fully saturated rings. The molecule has 0 bridgehead atoms. The minimum absolute atomic E-state index is 0.318. The highest BCUT2D eigenvalue weighted by Gasteiger charge is 2.27. The van der Waals surface area contributed by atoms with E-state index in [0.29, 0.717) is 12.1 Å². The van der Waals surface area contributed by atoms with E-state index in [2.05, 4.69) is 150 Å². The Labute approximate surface area is 238 Å². The number of nitrogens with zero attached hydrogens (tertiary/aromatic N) is 3. The molecule has 0 radical (unpaired) electrons. The molecule has 6 rings (SSSR count). The number of pyridine rings is 1. The molecular weight excluding hydrogens is 486 g/mol. The maximum atomic E-state index is 5.02. The normalized spacial score (nSPS) is 15.4. The third-order valence-electron chi connectivity index (χ3n) is 8.25. The lowest BCUT2D eigenvalue weighted by atomic mass is 9.95. The topological polar surface area (TPSA) is 19.4 Å². The maximum Gasteiger partial charge on any atom is 0.0713 e. The molecule has 1 aliphatic rings. The summed E-state index contributed by atoms with van der Waals surface area (Å²) < 4.78 is 0. The Morgan fingerprint density at radius 3 is 2.15 bits per heavy atom. The molecule has 0 spiro atoms. The summed E-state index contributed by atoms with van der Waals surface area (Å²) in [5.41, 5.74) is 7.25. The Kier molecular flexibility index (Phi) is 8.02. The van der Waals surface area contributed by atoms with Crippen LogP contribution in [-0.4, -0.2) is 33.9 Å². The van der Waals surface area contributed by atoms with Crippen LogP contribution in [0.25, 0.3) is 28.2 Å². The summed E-state index contributed by atoms with van der Waals surface area (Å²) in [7, 11) is 0. The highest BCUT2D eigenvalue weighted by molar-refractivity contribution is 5.85. The van der Waals surface area contributed by atoms with E-state index in [0.717, 1.165) is 43.7 Å². The minimum atomic E-state index is 0.318. The Morgan fingerprint density at radius 2 is 1.43 bits per heavy atom. The predicted molar refractivity (Wildman–Crippen MR) is 168 cm³/mol. The van der Waals surface area contributed by atoms with E-state index in [1.165, 1.54) is 27.6 Å². The Bertz CT molecular complexity index is 1540. The first-order chi connectivity index (χ1) is 19.7. The summed E-state index contributed by atoms with van der Waals surface area (Å²) in [5, 5.41) is 1.26. The van der Waals surface area contributed by atoms with E-state index < -0.39 is 0 Å². The maximum absolute atomic E-state index is 5.02. The first-order valence-corrected chi connectivity index (χ1v) is 14.5. The zero-order valence-electron chi connectivity index (χ0n) is 23.2. The van der Waals surface area contributed by atoms with Gasteiger partial charge in [-0.1, -0.05) is 109 Å². The molecule has 3 heteroatoms. The average Bonchev–Trinajstić information content (AvgIpc) is 3.03. The van der Waals surface area contributed by atoms with Crippen LogP contribution in [0.1, 0.15) is 42.5 Å². The Morgan fingerprint density at radius 1 is 0.800 bits per heavy atom. The third kappa shape index (κ3) is 6.00. The van der Waals surface area contributed by atoms with Crippen molar-refractivity contribution in [3.63, 3.8) is 0 Å². The smallest absolute Gasteiger partial charge is 0.0713 e. The molecule has 2 heterocycles. The van der Waals surface area contributed by atoms with Crippen LogP contribution in [0, 0.1) is 0 Å². The first kappa shape index (κ1) is 26.0. The van der Waals surface area contributed by atoms with E-state index in [4.69, 9.17) is 4.98 Å². The third-order valence-corrected chi connectivity index (χ3v) is 8.25. The van der Waals surface area contributed by atoms with Crippen molar-refractivity contribution in [1.29, 1.82) is 0 Å². The van der Waals surface area contributed by atoms with Crippen molar-refractivity contribution in [1.82, 2.24) is 14.8 Å². The molecule has 0 aliphatic carbocycles. The summed E-state index contributed by atoms with van der Waals surface area (Å²) in [4.78, 5) is 10.2. The molecule has 0 amide bonds. The van der Waals surface area contributed by atoms with Crippen LogP contribution in [-0.2, 0) is 6.54 Å². The van der Waals surface area contributed by atoms with Gasteiger partial charge >= 0.3 is 0 Å². The minimum Gasteiger partial charge on any atom is -0.370 e. The largest absolute Gasteiger partial charge is 0.370 e. The summed E-state index contributed by atoms with van der Waals surface area (Å²) in [6.07, 6.45) is 6.86. The van der Waals surface area contributed by atoms with Crippen LogP contribution in [0.3, 0.4) is 0 Å². The summed E-state index contributed by atoms with van der Waals surface area (Å²) in [6, 6.07) is 43.8. The fraction of sp³-hybridized carbons (Fsp3) is 0.216. The van der Waals surface area contributed by atoms with Crippen molar-refractivity contribution in [3.8, 4) is 11.3 Å². The number of aromatic nitrogens is 1. The molecule has 4 aromatic carbocycles. The van der Waals surface area contributed by atoms with Crippen LogP contribution in [0.4, 0.5) is 0 Å². The molecule has 1 atom stereocenters. The van der Waals surface area contributed by atoms with E-state index >= 15 is 0 Å². The average molecular weight is 524 g/mol. The fourth-order valence-corrected chi connectivity index (χ4v) is 5.95. The van der Waals surface area contributed by atoms with Crippen LogP contribution < -0.4 is 0 Å². The number of rotatable bonds is 8. The SMILES string of the molecule is CC(c1cc(-c2ccccc2)nc2ccccc12)N1CCC(N(C=Cc2ccccc2)Cc2ccccc2)CC1. The summed E-state index contributed by atoms with van der Waals surface area (Å²) >= 11 is 0. The van der Waals surface area contributed by atoms with Gasteiger partial charge < -0.3 is 4.90 Å². The zero-order chi connectivity index (χ0) is 27.1. The summed E-state index contributed by atoms with van der Waals surface area (Å²) in [5.74, 6) is 0. The van der Waals surface area contributed by atoms with E-state index in [-0.39, 0.29) is 0 Å². The lowest BCUT2D eigenvalue weighted by Gasteiger charge is -2.41. The quantitative estimate of drug-likeness (QED) is 0.203. The number of likely N-dealkylation sites (tertiary alicyclic amines) is 1. The number of benzene rings is 4. The second kappa shape index (κ2) is 12.3. The molecule has 5 aromatic rings. The predicted octanol–water partition coefficient (Wildman–Crippen LogP) is 8.60. The fourth-order valence-electron chi connectivity index (χ4n) is 5.95. The van der Waals surface area contributed by atoms with Crippen LogP contribution >= 0.6 is 0 Å². The van der Waals surface area contributed by atoms with Gasteiger partial charge in [0.25, 0.3) is 0 Å². The number of hydrogen-bond acceptors (Lipinski definition) is 3. The van der Waals surface area contributed by atoms with Gasteiger partial charge in [-0.25, -0.2) is 4.98 Å². The molecule has 3 nitrogen and oxygen atoms in total. The first-order valence-electron chi connectivity index (χ1n) is 14.5. The van der Waals surface area contributed by atoms with Crippen molar-refractivity contribution in [3.05, 3.63) is 144 Å². The van der Waals surface area contributed by atoms with Crippen molar-refractivity contribution in [2.24, 2.45) is 0 Å². The van der Waals surface area contributed by atoms with Gasteiger partial charge in [0.05, 0.1) is 11.2 Å². The summed E-state index contributed by atoms with van der Waals surface area (Å²) in [6.45, 7) is 5.45. The molecule has 1 unspecified atom stereocenters. The number of hydrogen-bond donors (Lipinski definition) is 0. The Balaban J connectivity index is 1.22. The number of piperidine rings is 1. The zero-order valence-corrected chi connectivity index (χ0v) is 23.2. The molecule has 1 saturated heterocycles. The van der Waals surface area contributed by atoms with Gasteiger partial charge in [-0.15, -0.1) is 0 Å². The van der Waals surface area contributed by atoms with Gasteiger partial charge in [-0.05, 0) is 54.7 Å². The molecule has 0 saturated carbocycles. The highest BCUT2D eigenvalue weighted by Crippen LogP contribution is 2.33. The van der Waals surface area contributed by atoms with E-state index in [9.17, 15) is 0 Å². The molecule has 200 valence electrons. The van der Waals surface area contributed by atoms with Crippen molar-refractivity contribution < 1.29 is 0 Å². The van der Waals surface area contributed by atoms with E-state index in [1.807, 2.05) is 0 Å². The molecule has 40 heavy (non-hydrogen) atoms. The van der Waals surface area contributed by atoms with Crippen LogP contribution in [0.5, 0.6) is 0 Å². The van der Waals surface area contributed by atoms with Crippen molar-refractivity contribution in [2.75, 3.05) is 13.1 Å². The second-order valence-electron chi connectivity index (χ2n) is 10.8. The van der Waals surface area contributed by atoms with E-state index in [1.54, 1.807) is 0 Å². The van der Waals surface area contributed by atoms with Gasteiger partial charge in [0.2, 0.25) is 0 Å². The molecule has 0 N–H and O–H groups in total. The Hall–Kier alpha value is -4.21. The standard InChI is InChI=1S/C37H37N3/c1-29(35-27-37(32-17-9-4-10-18-32)38-36-20-12-11-19-34(35)36)39-25-22-33(23-26-39)40(28-31-15-7-3-8-16-31)24-21-30-13-5-2-6-14-30/h2-21,24,27,29,33H,22-23,25-26,28H2,1H3. The van der Waals surface area contributed by atoms with Crippen LogP contribution in [0.2, 0.25) is 0 Å². The van der Waals surface area contributed by atoms with Crippen LogP contribution in [0.15, 0.2) is 128 Å². The number of para-hydroxylation sites is 1. The number of fused-ring (bicyclic) bond motifs is 1. The van der Waals surface area contributed by atoms with Gasteiger partial charge in [-0.2, -0.15) is 0 Å². The molecular formula is C37H37N3.